The molecule has 0 bridgehead atoms. The van der Waals surface area contributed by atoms with E-state index in [9.17, 15) is 4.39 Å². The minimum absolute atomic E-state index is 0.296. The van der Waals surface area contributed by atoms with Crippen LogP contribution < -0.4 is 15.5 Å². The Bertz CT molecular complexity index is 729. The second-order valence-electron chi connectivity index (χ2n) is 4.97. The molecule has 0 saturated carbocycles. The number of nitrogens with zero attached hydrogens (tertiary/aromatic N) is 1. The summed E-state index contributed by atoms with van der Waals surface area (Å²) in [5.41, 5.74) is 6.21. The molecule has 6 heteroatoms. The minimum atomic E-state index is -0.296. The average molecular weight is 331 g/mol. The molecular formula is C17H18FN3OS. The number of nitrogens with one attached hydrogen (secondary N) is 2. The summed E-state index contributed by atoms with van der Waals surface area (Å²) in [6.45, 7) is 3.87. The lowest BCUT2D eigenvalue weighted by Gasteiger charge is -2.11. The molecule has 0 aliphatic carbocycles. The van der Waals surface area contributed by atoms with E-state index in [-0.39, 0.29) is 5.82 Å². The van der Waals surface area contributed by atoms with Gasteiger partial charge in [-0.1, -0.05) is 11.6 Å². The third-order valence-electron chi connectivity index (χ3n) is 3.17. The number of benzene rings is 2. The van der Waals surface area contributed by atoms with Gasteiger partial charge < -0.3 is 10.1 Å². The lowest BCUT2D eigenvalue weighted by atomic mass is 10.1. The van der Waals surface area contributed by atoms with Gasteiger partial charge in [0.1, 0.15) is 11.6 Å². The summed E-state index contributed by atoms with van der Waals surface area (Å²) in [7, 11) is 1.62. The van der Waals surface area contributed by atoms with E-state index >= 15 is 0 Å². The second-order valence-corrected chi connectivity index (χ2v) is 5.38. The monoisotopic (exact) mass is 331 g/mol. The Morgan fingerprint density at radius 2 is 1.87 bits per heavy atom. The zero-order valence-electron chi connectivity index (χ0n) is 13.2. The Hall–Kier alpha value is -2.47. The van der Waals surface area contributed by atoms with Gasteiger partial charge in [-0.15, -0.1) is 0 Å². The Kier molecular flexibility index (Phi) is 5.65. The fourth-order valence-corrected chi connectivity index (χ4v) is 2.16. The molecule has 0 heterocycles. The van der Waals surface area contributed by atoms with Crippen molar-refractivity contribution in [2.75, 3.05) is 12.4 Å². The van der Waals surface area contributed by atoms with Crippen LogP contribution in [0, 0.1) is 12.7 Å². The van der Waals surface area contributed by atoms with Crippen molar-refractivity contribution in [1.29, 1.82) is 0 Å². The van der Waals surface area contributed by atoms with Gasteiger partial charge in [-0.05, 0) is 62.5 Å². The number of anilines is 1. The molecular weight excluding hydrogens is 313 g/mol. The second kappa shape index (κ2) is 7.69. The van der Waals surface area contributed by atoms with Crippen LogP contribution in [-0.2, 0) is 0 Å². The van der Waals surface area contributed by atoms with E-state index in [1.165, 1.54) is 12.1 Å². The van der Waals surface area contributed by atoms with E-state index in [4.69, 9.17) is 17.0 Å². The third kappa shape index (κ3) is 4.75. The van der Waals surface area contributed by atoms with E-state index in [2.05, 4.69) is 15.8 Å². The number of thiocarbonyl (C=S) groups is 1. The van der Waals surface area contributed by atoms with Crippen molar-refractivity contribution < 1.29 is 9.13 Å². The van der Waals surface area contributed by atoms with Crippen LogP contribution in [0.3, 0.4) is 0 Å². The average Bonchev–Trinajstić information content (AvgIpc) is 2.54. The summed E-state index contributed by atoms with van der Waals surface area (Å²) in [5, 5.41) is 7.52. The highest BCUT2D eigenvalue weighted by Gasteiger charge is 2.07. The Balaban J connectivity index is 2.05. The topological polar surface area (TPSA) is 45.6 Å². The van der Waals surface area contributed by atoms with E-state index in [1.54, 1.807) is 19.2 Å². The van der Waals surface area contributed by atoms with Crippen LogP contribution in [0.2, 0.25) is 0 Å². The normalized spacial score (nSPS) is 11.0. The van der Waals surface area contributed by atoms with Crippen molar-refractivity contribution in [2.45, 2.75) is 13.8 Å². The van der Waals surface area contributed by atoms with E-state index in [0.717, 1.165) is 22.6 Å². The summed E-state index contributed by atoms with van der Waals surface area (Å²) in [6, 6.07) is 11.8. The Morgan fingerprint density at radius 3 is 2.52 bits per heavy atom. The van der Waals surface area contributed by atoms with Gasteiger partial charge in [0, 0.05) is 11.3 Å². The molecule has 4 nitrogen and oxygen atoms in total. The summed E-state index contributed by atoms with van der Waals surface area (Å²) < 4.78 is 18.2. The van der Waals surface area contributed by atoms with Crippen LogP contribution in [-0.4, -0.2) is 17.9 Å². The number of hydrazone groups is 1. The van der Waals surface area contributed by atoms with Crippen molar-refractivity contribution in [2.24, 2.45) is 5.10 Å². The first kappa shape index (κ1) is 16.9. The van der Waals surface area contributed by atoms with Crippen molar-refractivity contribution in [3.8, 4) is 5.75 Å². The number of halogens is 1. The van der Waals surface area contributed by atoms with Crippen LogP contribution in [0.1, 0.15) is 18.1 Å². The first-order chi connectivity index (χ1) is 11.0. The SMILES string of the molecule is COc1ccc(C)cc1/C(C)=N\NC(=S)Nc1ccc(F)cc1. The molecule has 2 aromatic carbocycles. The maximum Gasteiger partial charge on any atom is 0.191 e. The summed E-state index contributed by atoms with van der Waals surface area (Å²) in [4.78, 5) is 0. The van der Waals surface area contributed by atoms with Crippen LogP contribution in [0.5, 0.6) is 5.75 Å². The Labute approximate surface area is 140 Å². The van der Waals surface area contributed by atoms with Crippen LogP contribution >= 0.6 is 12.2 Å². The van der Waals surface area contributed by atoms with Gasteiger partial charge in [-0.25, -0.2) is 4.39 Å². The largest absolute Gasteiger partial charge is 0.496 e. The number of methoxy groups -OCH3 is 1. The molecule has 2 N–H and O–H groups in total. The zero-order valence-corrected chi connectivity index (χ0v) is 14.0. The van der Waals surface area contributed by atoms with Gasteiger partial charge in [0.2, 0.25) is 0 Å². The molecule has 0 aliphatic heterocycles. The van der Waals surface area contributed by atoms with Crippen molar-refractivity contribution in [3.05, 3.63) is 59.4 Å². The number of rotatable bonds is 4. The fourth-order valence-electron chi connectivity index (χ4n) is 1.99. The predicted octanol–water partition coefficient (Wildman–Crippen LogP) is 3.85. The van der Waals surface area contributed by atoms with E-state index in [0.29, 0.717) is 10.8 Å². The molecule has 0 saturated heterocycles. The lowest BCUT2D eigenvalue weighted by Crippen LogP contribution is -2.25. The Morgan fingerprint density at radius 1 is 1.17 bits per heavy atom. The third-order valence-corrected chi connectivity index (χ3v) is 3.37. The maximum atomic E-state index is 12.9. The first-order valence-electron chi connectivity index (χ1n) is 7.01. The summed E-state index contributed by atoms with van der Waals surface area (Å²) in [6.07, 6.45) is 0. The van der Waals surface area contributed by atoms with Gasteiger partial charge in [0.25, 0.3) is 0 Å². The van der Waals surface area contributed by atoms with E-state index in [1.807, 2.05) is 32.0 Å². The summed E-state index contributed by atoms with van der Waals surface area (Å²) in [5.74, 6) is 0.450. The molecule has 0 unspecified atom stereocenters. The highest BCUT2D eigenvalue weighted by molar-refractivity contribution is 7.80. The number of hydrogen-bond acceptors (Lipinski definition) is 3. The molecule has 0 aromatic heterocycles. The first-order valence-corrected chi connectivity index (χ1v) is 7.42. The molecule has 0 radical (unpaired) electrons. The van der Waals surface area contributed by atoms with Crippen molar-refractivity contribution in [1.82, 2.24) is 5.43 Å². The number of hydrogen-bond donors (Lipinski definition) is 2. The van der Waals surface area contributed by atoms with E-state index < -0.39 is 0 Å². The van der Waals surface area contributed by atoms with Crippen LogP contribution in [0.25, 0.3) is 0 Å². The van der Waals surface area contributed by atoms with Crippen molar-refractivity contribution in [3.63, 3.8) is 0 Å². The van der Waals surface area contributed by atoms with Crippen molar-refractivity contribution >= 4 is 28.7 Å². The molecule has 0 aliphatic rings. The smallest absolute Gasteiger partial charge is 0.191 e. The fraction of sp³-hybridized carbons (Fsp3) is 0.176. The lowest BCUT2D eigenvalue weighted by molar-refractivity contribution is 0.414. The molecule has 23 heavy (non-hydrogen) atoms. The van der Waals surface area contributed by atoms with Gasteiger partial charge in [-0.2, -0.15) is 5.10 Å². The number of aryl methyl sites for hydroxylation is 1. The summed E-state index contributed by atoms with van der Waals surface area (Å²) >= 11 is 5.17. The molecule has 2 aromatic rings. The minimum Gasteiger partial charge on any atom is -0.496 e. The standard InChI is InChI=1S/C17H18FN3OS/c1-11-4-9-16(22-3)15(10-11)12(2)20-21-17(23)19-14-7-5-13(18)6-8-14/h4-10H,1-3H3,(H2,19,21,23)/b20-12-. The van der Waals surface area contributed by atoms with Crippen LogP contribution in [0.4, 0.5) is 10.1 Å². The quantitative estimate of drug-likeness (QED) is 0.507. The molecule has 0 fully saturated rings. The van der Waals surface area contributed by atoms with Crippen LogP contribution in [0.15, 0.2) is 47.6 Å². The molecule has 0 spiro atoms. The highest BCUT2D eigenvalue weighted by Crippen LogP contribution is 2.20. The molecule has 0 amide bonds. The molecule has 0 atom stereocenters. The molecule has 120 valence electrons. The highest BCUT2D eigenvalue weighted by atomic mass is 32.1. The maximum absolute atomic E-state index is 12.9. The molecule has 2 rings (SSSR count). The van der Waals surface area contributed by atoms with Gasteiger partial charge in [0.15, 0.2) is 5.11 Å². The number of ether oxygens (including phenoxy) is 1. The van der Waals surface area contributed by atoms with Gasteiger partial charge in [-0.3, -0.25) is 5.43 Å². The predicted molar refractivity (Wildman–Crippen MR) is 95.7 cm³/mol. The van der Waals surface area contributed by atoms with Gasteiger partial charge >= 0.3 is 0 Å². The zero-order chi connectivity index (χ0) is 16.8. The van der Waals surface area contributed by atoms with Gasteiger partial charge in [0.05, 0.1) is 12.8 Å².